The molecule has 8 heteroatoms. The first kappa shape index (κ1) is 18.3. The average Bonchev–Trinajstić information content (AvgIpc) is 2.51. The molecule has 3 amide bonds. The average molecular weight is 323 g/mol. The van der Waals surface area contributed by atoms with E-state index in [9.17, 15) is 14.4 Å². The molecule has 0 aliphatic heterocycles. The fraction of sp³-hybridized carbons (Fsp3) is 0.400. The number of rotatable bonds is 9. The van der Waals surface area contributed by atoms with Crippen molar-refractivity contribution in [2.45, 2.75) is 19.8 Å². The van der Waals surface area contributed by atoms with Gasteiger partial charge in [0, 0.05) is 18.7 Å². The molecule has 0 unspecified atom stereocenters. The Morgan fingerprint density at radius 1 is 1.13 bits per heavy atom. The van der Waals surface area contributed by atoms with Crippen molar-refractivity contribution in [1.29, 1.82) is 0 Å². The summed E-state index contributed by atoms with van der Waals surface area (Å²) in [5.41, 5.74) is 0.599. The molecular weight excluding hydrogens is 302 g/mol. The Morgan fingerprint density at radius 2 is 1.83 bits per heavy atom. The van der Waals surface area contributed by atoms with Gasteiger partial charge in [0.15, 0.2) is 0 Å². The zero-order chi connectivity index (χ0) is 17.1. The van der Waals surface area contributed by atoms with Crippen LogP contribution in [0.2, 0.25) is 0 Å². The van der Waals surface area contributed by atoms with Gasteiger partial charge in [0.2, 0.25) is 5.91 Å². The minimum Gasteiger partial charge on any atom is -0.494 e. The highest BCUT2D eigenvalue weighted by molar-refractivity contribution is 5.94. The summed E-state index contributed by atoms with van der Waals surface area (Å²) in [7, 11) is 0. The highest BCUT2D eigenvalue weighted by Gasteiger charge is 2.06. The fourth-order valence-electron chi connectivity index (χ4n) is 1.67. The Hall–Kier alpha value is -2.77. The molecule has 0 bridgehead atoms. The molecular formula is C15H21N3O5. The number of carbonyl (C=O) groups is 3. The third-order valence-corrected chi connectivity index (χ3v) is 2.71. The van der Waals surface area contributed by atoms with Crippen molar-refractivity contribution in [3.8, 4) is 5.75 Å². The topological polar surface area (TPSA) is 117 Å². The number of urea groups is 1. The van der Waals surface area contributed by atoms with Gasteiger partial charge in [-0.25, -0.2) is 4.79 Å². The zero-order valence-electron chi connectivity index (χ0n) is 12.9. The summed E-state index contributed by atoms with van der Waals surface area (Å²) >= 11 is 0. The van der Waals surface area contributed by atoms with Gasteiger partial charge in [-0.05, 0) is 37.6 Å². The molecule has 0 spiro atoms. The Balaban J connectivity index is 2.23. The molecule has 23 heavy (non-hydrogen) atoms. The van der Waals surface area contributed by atoms with Crippen molar-refractivity contribution in [1.82, 2.24) is 10.6 Å². The maximum atomic E-state index is 11.7. The SMILES string of the molecule is CCOc1ccc(NC(=O)CNC(=O)NCCCC(=O)O)cc1. The third kappa shape index (κ3) is 8.30. The molecule has 0 aliphatic carbocycles. The number of carboxylic acids is 1. The van der Waals surface area contributed by atoms with E-state index in [1.165, 1.54) is 0 Å². The molecule has 0 saturated heterocycles. The number of anilines is 1. The minimum atomic E-state index is -0.915. The quantitative estimate of drug-likeness (QED) is 0.509. The van der Waals surface area contributed by atoms with E-state index < -0.39 is 12.0 Å². The standard InChI is InChI=1S/C15H21N3O5/c1-2-23-12-7-5-11(6-8-12)18-13(19)10-17-15(22)16-9-3-4-14(20)21/h5-8H,2-4,9-10H2,1H3,(H,18,19)(H,20,21)(H2,16,17,22). The Labute approximate surface area is 134 Å². The van der Waals surface area contributed by atoms with Crippen molar-refractivity contribution < 1.29 is 24.2 Å². The van der Waals surface area contributed by atoms with Crippen LogP contribution in [-0.2, 0) is 9.59 Å². The highest BCUT2D eigenvalue weighted by Crippen LogP contribution is 2.15. The lowest BCUT2D eigenvalue weighted by atomic mass is 10.3. The smallest absolute Gasteiger partial charge is 0.315 e. The summed E-state index contributed by atoms with van der Waals surface area (Å²) < 4.78 is 5.29. The van der Waals surface area contributed by atoms with Crippen LogP contribution < -0.4 is 20.7 Å². The summed E-state index contributed by atoms with van der Waals surface area (Å²) in [6.07, 6.45) is 0.319. The Bertz CT molecular complexity index is 530. The highest BCUT2D eigenvalue weighted by atomic mass is 16.5. The van der Waals surface area contributed by atoms with Crippen LogP contribution in [0.1, 0.15) is 19.8 Å². The lowest BCUT2D eigenvalue weighted by Crippen LogP contribution is -2.40. The Kier molecular flexibility index (Phi) is 7.98. The van der Waals surface area contributed by atoms with Crippen molar-refractivity contribution in [3.63, 3.8) is 0 Å². The molecule has 8 nitrogen and oxygen atoms in total. The summed E-state index contributed by atoms with van der Waals surface area (Å²) in [4.78, 5) is 33.4. The van der Waals surface area contributed by atoms with Crippen LogP contribution in [0, 0.1) is 0 Å². The van der Waals surface area contributed by atoms with E-state index in [0.29, 0.717) is 24.5 Å². The lowest BCUT2D eigenvalue weighted by Gasteiger charge is -2.09. The van der Waals surface area contributed by atoms with Crippen LogP contribution in [0.3, 0.4) is 0 Å². The van der Waals surface area contributed by atoms with Crippen LogP contribution in [-0.4, -0.2) is 42.7 Å². The van der Waals surface area contributed by atoms with Gasteiger partial charge in [0.05, 0.1) is 13.2 Å². The van der Waals surface area contributed by atoms with E-state index in [1.54, 1.807) is 24.3 Å². The number of carboxylic acid groups (broad SMARTS) is 1. The van der Waals surface area contributed by atoms with Crippen LogP contribution in [0.25, 0.3) is 0 Å². The van der Waals surface area contributed by atoms with Gasteiger partial charge < -0.3 is 25.8 Å². The third-order valence-electron chi connectivity index (χ3n) is 2.71. The molecule has 0 atom stereocenters. The second kappa shape index (κ2) is 10.0. The molecule has 1 aromatic carbocycles. The lowest BCUT2D eigenvalue weighted by molar-refractivity contribution is -0.137. The second-order valence-corrected chi connectivity index (χ2v) is 4.61. The number of nitrogens with one attached hydrogen (secondary N) is 3. The minimum absolute atomic E-state index is 0.0154. The molecule has 1 aromatic rings. The summed E-state index contributed by atoms with van der Waals surface area (Å²) in [5, 5.41) is 15.9. The molecule has 126 valence electrons. The van der Waals surface area contributed by atoms with E-state index >= 15 is 0 Å². The number of hydrogen-bond donors (Lipinski definition) is 4. The van der Waals surface area contributed by atoms with Crippen LogP contribution in [0.4, 0.5) is 10.5 Å². The first-order chi connectivity index (χ1) is 11.0. The number of carbonyl (C=O) groups excluding carboxylic acids is 2. The predicted molar refractivity (Wildman–Crippen MR) is 84.5 cm³/mol. The first-order valence-electron chi connectivity index (χ1n) is 7.27. The van der Waals surface area contributed by atoms with Gasteiger partial charge >= 0.3 is 12.0 Å². The van der Waals surface area contributed by atoms with Gasteiger partial charge in [-0.1, -0.05) is 0 Å². The van der Waals surface area contributed by atoms with Crippen molar-refractivity contribution in [2.75, 3.05) is 25.0 Å². The van der Waals surface area contributed by atoms with Crippen molar-refractivity contribution in [3.05, 3.63) is 24.3 Å². The van der Waals surface area contributed by atoms with E-state index in [1.807, 2.05) is 6.92 Å². The van der Waals surface area contributed by atoms with Gasteiger partial charge in [0.1, 0.15) is 5.75 Å². The molecule has 0 fully saturated rings. The van der Waals surface area contributed by atoms with E-state index in [-0.39, 0.29) is 25.4 Å². The zero-order valence-corrected chi connectivity index (χ0v) is 12.9. The summed E-state index contributed by atoms with van der Waals surface area (Å²) in [5.74, 6) is -0.568. The monoisotopic (exact) mass is 323 g/mol. The molecule has 0 heterocycles. The van der Waals surface area contributed by atoms with E-state index in [0.717, 1.165) is 0 Å². The number of ether oxygens (including phenoxy) is 1. The fourth-order valence-corrected chi connectivity index (χ4v) is 1.67. The van der Waals surface area contributed by atoms with Crippen molar-refractivity contribution in [2.24, 2.45) is 0 Å². The van der Waals surface area contributed by atoms with E-state index in [4.69, 9.17) is 9.84 Å². The first-order valence-corrected chi connectivity index (χ1v) is 7.27. The number of benzene rings is 1. The van der Waals surface area contributed by atoms with Crippen LogP contribution in [0.5, 0.6) is 5.75 Å². The largest absolute Gasteiger partial charge is 0.494 e. The summed E-state index contributed by atoms with van der Waals surface area (Å²) in [6.45, 7) is 2.50. The van der Waals surface area contributed by atoms with Gasteiger partial charge in [-0.2, -0.15) is 0 Å². The molecule has 0 saturated carbocycles. The maximum Gasteiger partial charge on any atom is 0.315 e. The molecule has 1 rings (SSSR count). The van der Waals surface area contributed by atoms with Gasteiger partial charge in [0.25, 0.3) is 0 Å². The van der Waals surface area contributed by atoms with Gasteiger partial charge in [-0.3, -0.25) is 9.59 Å². The number of hydrogen-bond acceptors (Lipinski definition) is 4. The second-order valence-electron chi connectivity index (χ2n) is 4.61. The van der Waals surface area contributed by atoms with E-state index in [2.05, 4.69) is 16.0 Å². The summed E-state index contributed by atoms with van der Waals surface area (Å²) in [6, 6.07) is 6.37. The normalized spacial score (nSPS) is 9.78. The molecule has 4 N–H and O–H groups in total. The molecule has 0 radical (unpaired) electrons. The van der Waals surface area contributed by atoms with Crippen molar-refractivity contribution >= 4 is 23.6 Å². The van der Waals surface area contributed by atoms with Crippen LogP contribution >= 0.6 is 0 Å². The molecule has 0 aromatic heterocycles. The van der Waals surface area contributed by atoms with Crippen LogP contribution in [0.15, 0.2) is 24.3 Å². The van der Waals surface area contributed by atoms with Gasteiger partial charge in [-0.15, -0.1) is 0 Å². The Morgan fingerprint density at radius 3 is 2.43 bits per heavy atom. The number of aliphatic carboxylic acids is 1. The maximum absolute atomic E-state index is 11.7. The molecule has 0 aliphatic rings. The number of amides is 3. The predicted octanol–water partition coefficient (Wildman–Crippen LogP) is 1.19.